The van der Waals surface area contributed by atoms with Crippen molar-refractivity contribution in [3.63, 3.8) is 0 Å². The van der Waals surface area contributed by atoms with Crippen LogP contribution in [0, 0.1) is 11.8 Å². The zero-order valence-corrected chi connectivity index (χ0v) is 11.4. The Balaban J connectivity index is 0.000001000. The summed E-state index contributed by atoms with van der Waals surface area (Å²) >= 11 is 0. The summed E-state index contributed by atoms with van der Waals surface area (Å²) in [7, 11) is 0. The van der Waals surface area contributed by atoms with Crippen LogP contribution in [0.3, 0.4) is 0 Å². The number of rotatable bonds is 1. The molecule has 1 radical (unpaired) electrons. The summed E-state index contributed by atoms with van der Waals surface area (Å²) in [5.74, 6) is 0.0960. The number of aliphatic carboxylic acids is 1. The fraction of sp³-hybridized carbons (Fsp3) is 0.875. The summed E-state index contributed by atoms with van der Waals surface area (Å²) in [5, 5.41) is 8.62. The summed E-state index contributed by atoms with van der Waals surface area (Å²) in [4.78, 5) is 10.5. The smallest absolute Gasteiger partial charge is 0.306 e. The van der Waals surface area contributed by atoms with E-state index in [1.807, 2.05) is 0 Å². The van der Waals surface area contributed by atoms with E-state index < -0.39 is 5.97 Å². The molecule has 0 bridgehead atoms. The molecule has 1 rings (SSSR count). The molecule has 1 N–H and O–H groups in total. The van der Waals surface area contributed by atoms with Crippen LogP contribution < -0.4 is 0 Å². The third-order valence-electron chi connectivity index (χ3n) is 2.37. The third kappa shape index (κ3) is 3.53. The first-order valence-corrected chi connectivity index (χ1v) is 3.93. The largest absolute Gasteiger partial charge is 0.481 e. The van der Waals surface area contributed by atoms with Crippen LogP contribution in [0.1, 0.15) is 32.6 Å². The second-order valence-electron chi connectivity index (χ2n) is 3.30. The molecule has 0 aromatic rings. The third-order valence-corrected chi connectivity index (χ3v) is 2.37. The van der Waals surface area contributed by atoms with Crippen LogP contribution in [0.5, 0.6) is 0 Å². The Morgan fingerprint density at radius 3 is 2.09 bits per heavy atom. The summed E-state index contributed by atoms with van der Waals surface area (Å²) in [6, 6.07) is 0. The summed E-state index contributed by atoms with van der Waals surface area (Å²) < 4.78 is 0. The van der Waals surface area contributed by atoms with Crippen molar-refractivity contribution in [1.82, 2.24) is 0 Å². The van der Waals surface area contributed by atoms with Crippen molar-refractivity contribution in [2.24, 2.45) is 11.8 Å². The second-order valence-corrected chi connectivity index (χ2v) is 3.30. The zero-order valence-electron chi connectivity index (χ0n) is 6.92. The first-order chi connectivity index (χ1) is 4.70. The van der Waals surface area contributed by atoms with Gasteiger partial charge in [-0.3, -0.25) is 4.79 Å². The van der Waals surface area contributed by atoms with E-state index in [-0.39, 0.29) is 33.2 Å². The summed E-state index contributed by atoms with van der Waals surface area (Å²) in [6.45, 7) is 2.19. The molecule has 2 nitrogen and oxygen atoms in total. The average molecular weight is 347 g/mol. The van der Waals surface area contributed by atoms with Gasteiger partial charge in [-0.25, -0.2) is 0 Å². The molecule has 3 heteroatoms. The molecule has 0 spiro atoms. The van der Waals surface area contributed by atoms with Crippen molar-refractivity contribution in [3.8, 4) is 0 Å². The molecule has 0 atom stereocenters. The Labute approximate surface area is 87.5 Å². The Morgan fingerprint density at radius 1 is 1.27 bits per heavy atom. The van der Waals surface area contributed by atoms with Crippen LogP contribution in [-0.4, -0.2) is 38.4 Å². The van der Waals surface area contributed by atoms with Crippen LogP contribution >= 0.6 is 0 Å². The molecule has 1 aliphatic carbocycles. The molecular formula is C8H14O2Tl. The topological polar surface area (TPSA) is 37.3 Å². The predicted molar refractivity (Wildman–Crippen MR) is 44.5 cm³/mol. The van der Waals surface area contributed by atoms with E-state index in [9.17, 15) is 4.79 Å². The molecule has 0 aromatic carbocycles. The van der Waals surface area contributed by atoms with Crippen LogP contribution in [0.25, 0.3) is 0 Å². The number of hydrogen-bond donors (Lipinski definition) is 1. The van der Waals surface area contributed by atoms with E-state index >= 15 is 0 Å². The number of carboxylic acids is 1. The quantitative estimate of drug-likeness (QED) is 0.731. The minimum atomic E-state index is -0.605. The second kappa shape index (κ2) is 5.11. The number of hydrogen-bond acceptors (Lipinski definition) is 1. The van der Waals surface area contributed by atoms with Crippen LogP contribution in [0.4, 0.5) is 0 Å². The van der Waals surface area contributed by atoms with Gasteiger partial charge in [0, 0.05) is 27.3 Å². The average Bonchev–Trinajstić information content (AvgIpc) is 1.88. The van der Waals surface area contributed by atoms with Gasteiger partial charge in [0.2, 0.25) is 0 Å². The van der Waals surface area contributed by atoms with Crippen LogP contribution in [0.15, 0.2) is 0 Å². The fourth-order valence-electron chi connectivity index (χ4n) is 1.51. The minimum absolute atomic E-state index is 0. The van der Waals surface area contributed by atoms with Gasteiger partial charge >= 0.3 is 5.97 Å². The first kappa shape index (κ1) is 11.4. The normalized spacial score (nSPS) is 30.6. The van der Waals surface area contributed by atoms with E-state index in [1.165, 1.54) is 0 Å². The van der Waals surface area contributed by atoms with Gasteiger partial charge in [-0.15, -0.1) is 0 Å². The first-order valence-electron chi connectivity index (χ1n) is 3.93. The van der Waals surface area contributed by atoms with E-state index in [0.29, 0.717) is 0 Å². The van der Waals surface area contributed by atoms with Gasteiger partial charge in [0.15, 0.2) is 0 Å². The monoisotopic (exact) mass is 347 g/mol. The van der Waals surface area contributed by atoms with E-state index in [4.69, 9.17) is 5.11 Å². The molecule has 0 saturated heterocycles. The van der Waals surface area contributed by atoms with Gasteiger partial charge in [0.25, 0.3) is 0 Å². The Morgan fingerprint density at radius 2 is 1.73 bits per heavy atom. The number of carbonyl (C=O) groups is 1. The van der Waals surface area contributed by atoms with Gasteiger partial charge in [0.1, 0.15) is 0 Å². The maximum absolute atomic E-state index is 10.5. The maximum Gasteiger partial charge on any atom is 0.306 e. The molecule has 61 valence electrons. The molecule has 0 aromatic heterocycles. The molecular weight excluding hydrogens is 332 g/mol. The predicted octanol–water partition coefficient (Wildman–Crippen LogP) is 1.52. The molecule has 1 fully saturated rings. The molecule has 0 amide bonds. The molecule has 0 aliphatic heterocycles. The molecule has 11 heavy (non-hydrogen) atoms. The van der Waals surface area contributed by atoms with Gasteiger partial charge in [-0.05, 0) is 31.6 Å². The van der Waals surface area contributed by atoms with Crippen molar-refractivity contribution >= 4 is 33.3 Å². The Hall–Kier alpha value is 0.392. The van der Waals surface area contributed by atoms with Crippen molar-refractivity contribution in [1.29, 1.82) is 0 Å². The SMILES string of the molecule is CC1CCC(C(=O)O)CC1.[Tl]. The van der Waals surface area contributed by atoms with Crippen molar-refractivity contribution in [3.05, 3.63) is 0 Å². The van der Waals surface area contributed by atoms with Crippen molar-refractivity contribution in [2.75, 3.05) is 0 Å². The molecule has 0 heterocycles. The van der Waals surface area contributed by atoms with Gasteiger partial charge < -0.3 is 5.11 Å². The van der Waals surface area contributed by atoms with Crippen LogP contribution in [0.2, 0.25) is 0 Å². The van der Waals surface area contributed by atoms with E-state index in [1.54, 1.807) is 0 Å². The zero-order chi connectivity index (χ0) is 7.56. The minimum Gasteiger partial charge on any atom is -0.481 e. The fourth-order valence-corrected chi connectivity index (χ4v) is 1.51. The van der Waals surface area contributed by atoms with Crippen molar-refractivity contribution < 1.29 is 9.90 Å². The number of carboxylic acid groups (broad SMARTS) is 1. The standard InChI is InChI=1S/C8H14O2.Tl/c1-6-2-4-7(5-3-6)8(9)10;/h6-7H,2-5H2,1H3,(H,9,10);. The maximum atomic E-state index is 10.5. The Bertz CT molecular complexity index is 128. The van der Waals surface area contributed by atoms with Crippen molar-refractivity contribution in [2.45, 2.75) is 32.6 Å². The van der Waals surface area contributed by atoms with Crippen LogP contribution in [-0.2, 0) is 4.79 Å². The summed E-state index contributed by atoms with van der Waals surface area (Å²) in [5.41, 5.74) is 0. The van der Waals surface area contributed by atoms with Gasteiger partial charge in [-0.1, -0.05) is 6.92 Å². The molecule has 0 unspecified atom stereocenters. The summed E-state index contributed by atoms with van der Waals surface area (Å²) in [6.07, 6.45) is 3.96. The van der Waals surface area contributed by atoms with Gasteiger partial charge in [-0.2, -0.15) is 0 Å². The van der Waals surface area contributed by atoms with E-state index in [2.05, 4.69) is 6.92 Å². The Kier molecular flexibility index (Phi) is 5.29. The van der Waals surface area contributed by atoms with Gasteiger partial charge in [0.05, 0.1) is 5.92 Å². The molecule has 1 saturated carbocycles. The van der Waals surface area contributed by atoms with E-state index in [0.717, 1.165) is 31.6 Å². The molecule has 1 aliphatic rings.